The summed E-state index contributed by atoms with van der Waals surface area (Å²) in [6.07, 6.45) is 8.46. The van der Waals surface area contributed by atoms with E-state index in [0.29, 0.717) is 5.95 Å². The number of benzene rings is 1. The molecule has 1 N–H and O–H groups in total. The minimum Gasteiger partial charge on any atom is -0.341 e. The fraction of sp³-hybridized carbons (Fsp3) is 0.571. The van der Waals surface area contributed by atoms with Crippen LogP contribution in [0.1, 0.15) is 51.0 Å². The molecular formula is C21H31ClN6. The summed E-state index contributed by atoms with van der Waals surface area (Å²) in [5, 5.41) is 3.40. The third-order valence-electron chi connectivity index (χ3n) is 5.42. The first-order chi connectivity index (χ1) is 13.3. The highest BCUT2D eigenvalue weighted by Crippen LogP contribution is 2.24. The van der Waals surface area contributed by atoms with Crippen LogP contribution in [-0.2, 0) is 6.42 Å². The molecule has 3 heterocycles. The average Bonchev–Trinajstić information content (AvgIpc) is 3.41. The molecule has 0 unspecified atom stereocenters. The molecule has 2 aromatic rings. The molecule has 2 aliphatic heterocycles. The molecule has 0 bridgehead atoms. The van der Waals surface area contributed by atoms with Crippen LogP contribution in [0.25, 0.3) is 0 Å². The van der Waals surface area contributed by atoms with Gasteiger partial charge in [-0.3, -0.25) is 0 Å². The van der Waals surface area contributed by atoms with Crippen LogP contribution in [-0.4, -0.2) is 41.1 Å². The zero-order valence-electron chi connectivity index (χ0n) is 16.7. The van der Waals surface area contributed by atoms with Gasteiger partial charge in [-0.1, -0.05) is 25.5 Å². The summed E-state index contributed by atoms with van der Waals surface area (Å²) in [6, 6.07) is 8.64. The van der Waals surface area contributed by atoms with E-state index in [1.54, 1.807) is 0 Å². The van der Waals surface area contributed by atoms with Gasteiger partial charge in [-0.2, -0.15) is 15.0 Å². The molecule has 7 heteroatoms. The van der Waals surface area contributed by atoms with Gasteiger partial charge in [0.05, 0.1) is 0 Å². The summed E-state index contributed by atoms with van der Waals surface area (Å²) in [4.78, 5) is 18.8. The first kappa shape index (κ1) is 20.6. The normalized spacial score (nSPS) is 16.3. The molecule has 152 valence electrons. The predicted molar refractivity (Wildman–Crippen MR) is 118 cm³/mol. The lowest BCUT2D eigenvalue weighted by atomic mass is 10.1. The SMILES string of the molecule is CCCCc1ccc(Nc2nc(N3CCCC3)nc(N3CCCC3)n2)cc1.Cl. The molecule has 0 saturated carbocycles. The fourth-order valence-electron chi connectivity index (χ4n) is 3.79. The van der Waals surface area contributed by atoms with Gasteiger partial charge >= 0.3 is 0 Å². The van der Waals surface area contributed by atoms with E-state index in [4.69, 9.17) is 15.0 Å². The Morgan fingerprint density at radius 2 is 1.36 bits per heavy atom. The number of hydrogen-bond donors (Lipinski definition) is 1. The van der Waals surface area contributed by atoms with Crippen LogP contribution in [0.4, 0.5) is 23.5 Å². The zero-order valence-corrected chi connectivity index (χ0v) is 17.5. The summed E-state index contributed by atoms with van der Waals surface area (Å²) in [5.74, 6) is 2.27. The first-order valence-corrected chi connectivity index (χ1v) is 10.4. The van der Waals surface area contributed by atoms with Crippen molar-refractivity contribution in [2.24, 2.45) is 0 Å². The van der Waals surface area contributed by atoms with Gasteiger partial charge in [0.2, 0.25) is 17.8 Å². The predicted octanol–water partition coefficient (Wildman–Crippen LogP) is 4.58. The van der Waals surface area contributed by atoms with Crippen LogP contribution in [0.15, 0.2) is 24.3 Å². The van der Waals surface area contributed by atoms with Crippen molar-refractivity contribution in [2.45, 2.75) is 51.9 Å². The second kappa shape index (κ2) is 9.92. The molecule has 0 spiro atoms. The van der Waals surface area contributed by atoms with E-state index in [0.717, 1.165) is 50.2 Å². The lowest BCUT2D eigenvalue weighted by molar-refractivity contribution is 0.795. The van der Waals surface area contributed by atoms with E-state index in [2.05, 4.69) is 46.3 Å². The number of rotatable bonds is 7. The highest BCUT2D eigenvalue weighted by molar-refractivity contribution is 5.85. The van der Waals surface area contributed by atoms with E-state index in [-0.39, 0.29) is 12.4 Å². The summed E-state index contributed by atoms with van der Waals surface area (Å²) in [7, 11) is 0. The Labute approximate surface area is 174 Å². The molecule has 0 radical (unpaired) electrons. The molecule has 2 fully saturated rings. The topological polar surface area (TPSA) is 57.2 Å². The molecule has 1 aromatic carbocycles. The second-order valence-electron chi connectivity index (χ2n) is 7.57. The number of aromatic nitrogens is 3. The maximum Gasteiger partial charge on any atom is 0.233 e. The van der Waals surface area contributed by atoms with Gasteiger partial charge in [0.1, 0.15) is 0 Å². The molecule has 0 aliphatic carbocycles. The Morgan fingerprint density at radius 1 is 0.821 bits per heavy atom. The van der Waals surface area contributed by atoms with Crippen molar-refractivity contribution < 1.29 is 0 Å². The number of nitrogens with zero attached hydrogens (tertiary/aromatic N) is 5. The third kappa shape index (κ3) is 5.04. The number of hydrogen-bond acceptors (Lipinski definition) is 6. The molecule has 0 amide bonds. The standard InChI is InChI=1S/C21H30N6.ClH/c1-2-3-8-17-9-11-18(12-10-17)22-19-23-20(26-13-4-5-14-26)25-21(24-19)27-15-6-7-16-27;/h9-12H,2-8,13-16H2,1H3,(H,22,23,24,25);1H. The average molecular weight is 403 g/mol. The summed E-state index contributed by atoms with van der Waals surface area (Å²) < 4.78 is 0. The number of anilines is 4. The van der Waals surface area contributed by atoms with E-state index in [1.807, 2.05) is 0 Å². The van der Waals surface area contributed by atoms with E-state index >= 15 is 0 Å². The van der Waals surface area contributed by atoms with Crippen molar-refractivity contribution in [3.63, 3.8) is 0 Å². The van der Waals surface area contributed by atoms with Crippen LogP contribution in [0.3, 0.4) is 0 Å². The highest BCUT2D eigenvalue weighted by atomic mass is 35.5. The van der Waals surface area contributed by atoms with Crippen LogP contribution >= 0.6 is 12.4 Å². The number of nitrogens with one attached hydrogen (secondary N) is 1. The van der Waals surface area contributed by atoms with Crippen molar-refractivity contribution >= 4 is 35.9 Å². The lowest BCUT2D eigenvalue weighted by Gasteiger charge is -2.20. The maximum atomic E-state index is 4.78. The van der Waals surface area contributed by atoms with E-state index in [1.165, 1.54) is 44.1 Å². The van der Waals surface area contributed by atoms with Crippen LogP contribution in [0.2, 0.25) is 0 Å². The van der Waals surface area contributed by atoms with Crippen molar-refractivity contribution in [2.75, 3.05) is 41.3 Å². The zero-order chi connectivity index (χ0) is 18.5. The van der Waals surface area contributed by atoms with Gasteiger partial charge in [0, 0.05) is 31.9 Å². The summed E-state index contributed by atoms with van der Waals surface area (Å²) in [6.45, 7) is 6.38. The fourth-order valence-corrected chi connectivity index (χ4v) is 3.79. The van der Waals surface area contributed by atoms with Crippen molar-refractivity contribution in [1.29, 1.82) is 0 Å². The van der Waals surface area contributed by atoms with Gasteiger partial charge in [-0.25, -0.2) is 0 Å². The minimum atomic E-state index is 0. The number of unbranched alkanes of at least 4 members (excludes halogenated alkanes) is 1. The molecule has 28 heavy (non-hydrogen) atoms. The Balaban J connectivity index is 0.00000225. The van der Waals surface area contributed by atoms with Crippen molar-refractivity contribution in [3.8, 4) is 0 Å². The Bertz CT molecular complexity index is 705. The summed E-state index contributed by atoms with van der Waals surface area (Å²) in [5.41, 5.74) is 2.41. The molecule has 2 aliphatic rings. The smallest absolute Gasteiger partial charge is 0.233 e. The van der Waals surface area contributed by atoms with Gasteiger partial charge in [0.15, 0.2) is 0 Å². The van der Waals surface area contributed by atoms with Crippen LogP contribution in [0.5, 0.6) is 0 Å². The second-order valence-corrected chi connectivity index (χ2v) is 7.57. The number of halogens is 1. The van der Waals surface area contributed by atoms with E-state index < -0.39 is 0 Å². The largest absolute Gasteiger partial charge is 0.341 e. The Hall–Kier alpha value is -2.08. The molecule has 4 rings (SSSR count). The van der Waals surface area contributed by atoms with Crippen molar-refractivity contribution in [1.82, 2.24) is 15.0 Å². The van der Waals surface area contributed by atoms with Gasteiger partial charge in [0.25, 0.3) is 0 Å². The van der Waals surface area contributed by atoms with Crippen LogP contribution < -0.4 is 15.1 Å². The summed E-state index contributed by atoms with van der Waals surface area (Å²) >= 11 is 0. The molecule has 2 saturated heterocycles. The molecule has 6 nitrogen and oxygen atoms in total. The van der Waals surface area contributed by atoms with Crippen LogP contribution in [0, 0.1) is 0 Å². The minimum absolute atomic E-state index is 0. The van der Waals surface area contributed by atoms with Crippen molar-refractivity contribution in [3.05, 3.63) is 29.8 Å². The Morgan fingerprint density at radius 3 is 1.86 bits per heavy atom. The lowest BCUT2D eigenvalue weighted by Crippen LogP contribution is -2.25. The third-order valence-corrected chi connectivity index (χ3v) is 5.42. The maximum absolute atomic E-state index is 4.78. The monoisotopic (exact) mass is 402 g/mol. The van der Waals surface area contributed by atoms with Gasteiger partial charge in [-0.05, 0) is 56.2 Å². The molecular weight excluding hydrogens is 372 g/mol. The Kier molecular flexibility index (Phi) is 7.31. The number of aryl methyl sites for hydroxylation is 1. The first-order valence-electron chi connectivity index (χ1n) is 10.4. The highest BCUT2D eigenvalue weighted by Gasteiger charge is 2.21. The molecule has 1 aromatic heterocycles. The van der Waals surface area contributed by atoms with Gasteiger partial charge in [-0.15, -0.1) is 12.4 Å². The molecule has 0 atom stereocenters. The van der Waals surface area contributed by atoms with E-state index in [9.17, 15) is 0 Å². The van der Waals surface area contributed by atoms with Gasteiger partial charge < -0.3 is 15.1 Å². The quantitative estimate of drug-likeness (QED) is 0.731.